The van der Waals surface area contributed by atoms with Crippen LogP contribution in [0.25, 0.3) is 0 Å². The van der Waals surface area contributed by atoms with Gasteiger partial charge in [0, 0.05) is 19.1 Å². The molecule has 7 heteroatoms. The average Bonchev–Trinajstić information content (AvgIpc) is 2.68. The number of hydrogen-bond donors (Lipinski definition) is 2. The molecule has 3 rings (SSSR count). The maximum atomic E-state index is 12.6. The van der Waals surface area contributed by atoms with E-state index in [2.05, 4.69) is 9.62 Å². The van der Waals surface area contributed by atoms with Gasteiger partial charge < -0.3 is 9.84 Å². The maximum absolute atomic E-state index is 12.6. The number of piperidine rings is 1. The molecule has 1 aliphatic heterocycles. The van der Waals surface area contributed by atoms with Gasteiger partial charge in [0.05, 0.1) is 11.5 Å². The van der Waals surface area contributed by atoms with E-state index in [9.17, 15) is 8.42 Å². The summed E-state index contributed by atoms with van der Waals surface area (Å²) in [6, 6.07) is 14.6. The third kappa shape index (κ3) is 5.78. The van der Waals surface area contributed by atoms with Gasteiger partial charge in [0.25, 0.3) is 0 Å². The maximum Gasteiger partial charge on any atom is 0.240 e. The summed E-state index contributed by atoms with van der Waals surface area (Å²) in [4.78, 5) is 2.59. The predicted octanol–water partition coefficient (Wildman–Crippen LogP) is 2.31. The summed E-state index contributed by atoms with van der Waals surface area (Å²) in [5, 5.41) is 8.81. The van der Waals surface area contributed by atoms with Crippen molar-refractivity contribution in [2.45, 2.75) is 37.2 Å². The molecule has 1 heterocycles. The molecule has 0 aliphatic carbocycles. The molecule has 0 saturated carbocycles. The van der Waals surface area contributed by atoms with Crippen LogP contribution in [0.1, 0.15) is 24.0 Å². The zero-order valence-electron chi connectivity index (χ0n) is 16.2. The second kappa shape index (κ2) is 9.52. The third-order valence-electron chi connectivity index (χ3n) is 4.85. The van der Waals surface area contributed by atoms with E-state index < -0.39 is 10.0 Å². The summed E-state index contributed by atoms with van der Waals surface area (Å²) in [6.07, 6.45) is 1.80. The van der Waals surface area contributed by atoms with Crippen molar-refractivity contribution in [3.8, 4) is 5.75 Å². The number of benzene rings is 2. The molecule has 2 aromatic rings. The minimum Gasteiger partial charge on any atom is -0.491 e. The highest BCUT2D eigenvalue weighted by atomic mass is 32.2. The Morgan fingerprint density at radius 3 is 2.54 bits per heavy atom. The van der Waals surface area contributed by atoms with Crippen LogP contribution < -0.4 is 9.46 Å². The summed E-state index contributed by atoms with van der Waals surface area (Å²) in [7, 11) is -3.50. The number of aliphatic hydroxyl groups is 1. The van der Waals surface area contributed by atoms with Crippen LogP contribution >= 0.6 is 0 Å². The Balaban J connectivity index is 1.57. The van der Waals surface area contributed by atoms with Crippen molar-refractivity contribution in [3.05, 3.63) is 59.7 Å². The van der Waals surface area contributed by atoms with Crippen molar-refractivity contribution in [2.75, 3.05) is 26.3 Å². The monoisotopic (exact) mass is 404 g/mol. The molecular formula is C21H28N2O4S. The van der Waals surface area contributed by atoms with Gasteiger partial charge >= 0.3 is 0 Å². The van der Waals surface area contributed by atoms with Crippen molar-refractivity contribution in [1.82, 2.24) is 9.62 Å². The highest BCUT2D eigenvalue weighted by molar-refractivity contribution is 7.89. The van der Waals surface area contributed by atoms with E-state index in [1.807, 2.05) is 43.3 Å². The lowest BCUT2D eigenvalue weighted by atomic mass is 10.1. The summed E-state index contributed by atoms with van der Waals surface area (Å²) in [5.74, 6) is 0.736. The second-order valence-corrected chi connectivity index (χ2v) is 8.94. The summed E-state index contributed by atoms with van der Waals surface area (Å²) < 4.78 is 33.5. The lowest BCUT2D eigenvalue weighted by Crippen LogP contribution is -2.47. The molecule has 2 aromatic carbocycles. The van der Waals surface area contributed by atoms with E-state index in [0.717, 1.165) is 42.8 Å². The molecule has 0 bridgehead atoms. The van der Waals surface area contributed by atoms with Crippen LogP contribution in [0.3, 0.4) is 0 Å². The van der Waals surface area contributed by atoms with Crippen LogP contribution in [0.4, 0.5) is 0 Å². The molecule has 152 valence electrons. The van der Waals surface area contributed by atoms with E-state index >= 15 is 0 Å². The fourth-order valence-corrected chi connectivity index (χ4v) is 4.67. The van der Waals surface area contributed by atoms with Crippen molar-refractivity contribution in [2.24, 2.45) is 0 Å². The van der Waals surface area contributed by atoms with Gasteiger partial charge in [-0.3, -0.25) is 4.90 Å². The number of sulfonamides is 1. The first-order chi connectivity index (χ1) is 13.5. The van der Waals surface area contributed by atoms with Crippen molar-refractivity contribution in [3.63, 3.8) is 0 Å². The molecular weight excluding hydrogens is 376 g/mol. The first-order valence-corrected chi connectivity index (χ1v) is 11.1. The van der Waals surface area contributed by atoms with Gasteiger partial charge in [0.2, 0.25) is 10.0 Å². The summed E-state index contributed by atoms with van der Waals surface area (Å²) in [5.41, 5.74) is 2.19. The van der Waals surface area contributed by atoms with E-state index in [0.29, 0.717) is 11.4 Å². The molecule has 0 amide bonds. The minimum atomic E-state index is -3.50. The minimum absolute atomic E-state index is 0.00455. The number of aryl methyl sites for hydroxylation is 1. The summed E-state index contributed by atoms with van der Waals surface area (Å²) >= 11 is 0. The van der Waals surface area contributed by atoms with Gasteiger partial charge in [-0.2, -0.15) is 0 Å². The van der Waals surface area contributed by atoms with Gasteiger partial charge in [-0.25, -0.2) is 13.1 Å². The Morgan fingerprint density at radius 1 is 1.14 bits per heavy atom. The normalized spacial score (nSPS) is 18.1. The smallest absolute Gasteiger partial charge is 0.240 e. The lowest BCUT2D eigenvalue weighted by molar-refractivity contribution is 0.194. The first kappa shape index (κ1) is 20.8. The fourth-order valence-electron chi connectivity index (χ4n) is 3.41. The molecule has 1 atom stereocenters. The Bertz CT molecular complexity index is 851. The van der Waals surface area contributed by atoms with Crippen LogP contribution in [0, 0.1) is 6.92 Å². The molecule has 0 unspecified atom stereocenters. The van der Waals surface area contributed by atoms with Crippen LogP contribution in [0.5, 0.6) is 5.75 Å². The van der Waals surface area contributed by atoms with E-state index in [-0.39, 0.29) is 19.3 Å². The van der Waals surface area contributed by atoms with Gasteiger partial charge in [-0.05, 0) is 56.1 Å². The highest BCUT2D eigenvalue weighted by Crippen LogP contribution is 2.19. The molecule has 28 heavy (non-hydrogen) atoms. The standard InChI is InChI=1S/C21H28N2O4S/c1-17-4-10-21(11-5-17)28(25,26)22-19-3-2-12-23(16-19)15-18-6-8-20(9-7-18)27-14-13-24/h4-11,19,22,24H,2-3,12-16H2,1H3/t19-/m1/s1. The summed E-state index contributed by atoms with van der Waals surface area (Å²) in [6.45, 7) is 4.63. The van der Waals surface area contributed by atoms with Crippen LogP contribution in [0.15, 0.2) is 53.4 Å². The zero-order valence-corrected chi connectivity index (χ0v) is 17.0. The van der Waals surface area contributed by atoms with Crippen LogP contribution in [0.2, 0.25) is 0 Å². The Morgan fingerprint density at radius 2 is 1.86 bits per heavy atom. The van der Waals surface area contributed by atoms with Gasteiger partial charge in [-0.15, -0.1) is 0 Å². The molecule has 0 radical (unpaired) electrons. The Labute approximate surface area is 167 Å². The highest BCUT2D eigenvalue weighted by Gasteiger charge is 2.25. The van der Waals surface area contributed by atoms with E-state index in [1.54, 1.807) is 12.1 Å². The van der Waals surface area contributed by atoms with Gasteiger partial charge in [0.15, 0.2) is 0 Å². The van der Waals surface area contributed by atoms with Gasteiger partial charge in [-0.1, -0.05) is 29.8 Å². The molecule has 0 aromatic heterocycles. The Kier molecular flexibility index (Phi) is 7.07. The molecule has 1 fully saturated rings. The molecule has 0 spiro atoms. The number of nitrogens with one attached hydrogen (secondary N) is 1. The predicted molar refractivity (Wildman–Crippen MR) is 109 cm³/mol. The first-order valence-electron chi connectivity index (χ1n) is 9.60. The van der Waals surface area contributed by atoms with E-state index in [4.69, 9.17) is 9.84 Å². The number of rotatable bonds is 8. The Hall–Kier alpha value is -1.93. The van der Waals surface area contributed by atoms with Crippen molar-refractivity contribution >= 4 is 10.0 Å². The van der Waals surface area contributed by atoms with Crippen LogP contribution in [-0.4, -0.2) is 50.8 Å². The number of nitrogens with zero attached hydrogens (tertiary/aromatic N) is 1. The third-order valence-corrected chi connectivity index (χ3v) is 6.38. The lowest BCUT2D eigenvalue weighted by Gasteiger charge is -2.33. The topological polar surface area (TPSA) is 78.9 Å². The SMILES string of the molecule is Cc1ccc(S(=O)(=O)N[C@@H]2CCCN(Cc3ccc(OCCO)cc3)C2)cc1. The molecule has 6 nitrogen and oxygen atoms in total. The zero-order chi connectivity index (χ0) is 20.0. The largest absolute Gasteiger partial charge is 0.491 e. The van der Waals surface area contributed by atoms with Crippen molar-refractivity contribution in [1.29, 1.82) is 0 Å². The molecule has 1 aliphatic rings. The van der Waals surface area contributed by atoms with Gasteiger partial charge in [0.1, 0.15) is 12.4 Å². The quantitative estimate of drug-likeness (QED) is 0.706. The number of likely N-dealkylation sites (tertiary alicyclic amines) is 1. The second-order valence-electron chi connectivity index (χ2n) is 7.22. The van der Waals surface area contributed by atoms with E-state index in [1.165, 1.54) is 0 Å². The fraction of sp³-hybridized carbons (Fsp3) is 0.429. The number of hydrogen-bond acceptors (Lipinski definition) is 5. The molecule has 1 saturated heterocycles. The number of aliphatic hydroxyl groups excluding tert-OH is 1. The van der Waals surface area contributed by atoms with Crippen molar-refractivity contribution < 1.29 is 18.3 Å². The average molecular weight is 405 g/mol. The van der Waals surface area contributed by atoms with Crippen LogP contribution in [-0.2, 0) is 16.6 Å². The number of ether oxygens (including phenoxy) is 1. The molecule has 2 N–H and O–H groups in total.